The lowest BCUT2D eigenvalue weighted by atomic mass is 10.1. The van der Waals surface area contributed by atoms with Gasteiger partial charge >= 0.3 is 0 Å². The van der Waals surface area contributed by atoms with Gasteiger partial charge in [0.25, 0.3) is 0 Å². The average molecular weight is 507 g/mol. The summed E-state index contributed by atoms with van der Waals surface area (Å²) in [6, 6.07) is 14.4. The minimum absolute atomic E-state index is 0. The molecule has 1 aromatic heterocycles. The molecule has 0 atom stereocenters. The van der Waals surface area contributed by atoms with E-state index < -0.39 is 0 Å². The molecule has 0 aliphatic rings. The van der Waals surface area contributed by atoms with E-state index >= 15 is 0 Å². The number of halogens is 1. The standard InChI is InChI=1S/C22H29N5O.HI/c1-5-23-22(25-15-20-16(2)26-27(4)17(20)3)24-13-14-28-21-12-8-10-18-9-6-7-11-19(18)21;/h6-12H,5,13-15H2,1-4H3,(H2,23,24,25);1H. The van der Waals surface area contributed by atoms with Crippen LogP contribution in [0.1, 0.15) is 23.9 Å². The van der Waals surface area contributed by atoms with Gasteiger partial charge in [-0.3, -0.25) is 4.68 Å². The highest BCUT2D eigenvalue weighted by Gasteiger charge is 2.09. The van der Waals surface area contributed by atoms with E-state index in [2.05, 4.69) is 47.8 Å². The zero-order valence-corrected chi connectivity index (χ0v) is 19.9. The highest BCUT2D eigenvalue weighted by atomic mass is 127. The minimum atomic E-state index is 0. The number of ether oxygens (including phenoxy) is 1. The van der Waals surface area contributed by atoms with Crippen LogP contribution in [0.3, 0.4) is 0 Å². The van der Waals surface area contributed by atoms with Gasteiger partial charge in [0, 0.05) is 30.2 Å². The molecule has 6 nitrogen and oxygen atoms in total. The Balaban J connectivity index is 0.00000300. The molecule has 3 rings (SSSR count). The lowest BCUT2D eigenvalue weighted by Gasteiger charge is -2.13. The third-order valence-corrected chi connectivity index (χ3v) is 4.80. The van der Waals surface area contributed by atoms with Crippen LogP contribution in [-0.2, 0) is 13.6 Å². The molecule has 0 bridgehead atoms. The van der Waals surface area contributed by atoms with Crippen LogP contribution in [0.4, 0.5) is 0 Å². The van der Waals surface area contributed by atoms with Crippen molar-refractivity contribution in [1.29, 1.82) is 0 Å². The molecule has 2 N–H and O–H groups in total. The van der Waals surface area contributed by atoms with Crippen LogP contribution in [0.25, 0.3) is 10.8 Å². The molecule has 0 saturated carbocycles. The second-order valence-electron chi connectivity index (χ2n) is 6.72. The number of guanidine groups is 1. The molecule has 0 fully saturated rings. The van der Waals surface area contributed by atoms with Gasteiger partial charge in [0.1, 0.15) is 12.4 Å². The molecule has 1 heterocycles. The molecule has 0 unspecified atom stereocenters. The summed E-state index contributed by atoms with van der Waals surface area (Å²) < 4.78 is 7.89. The molecule has 0 spiro atoms. The Morgan fingerprint density at radius 1 is 1.10 bits per heavy atom. The summed E-state index contributed by atoms with van der Waals surface area (Å²) in [6.07, 6.45) is 0. The second kappa shape index (κ2) is 11.0. The molecule has 0 aliphatic heterocycles. The highest BCUT2D eigenvalue weighted by Crippen LogP contribution is 2.24. The number of benzene rings is 2. The number of nitrogens with zero attached hydrogens (tertiary/aromatic N) is 3. The number of nitrogens with one attached hydrogen (secondary N) is 2. The molecule has 0 aliphatic carbocycles. The predicted octanol–water partition coefficient (Wildman–Crippen LogP) is 3.94. The van der Waals surface area contributed by atoms with E-state index in [0.717, 1.165) is 35.0 Å². The van der Waals surface area contributed by atoms with Crippen LogP contribution >= 0.6 is 24.0 Å². The van der Waals surface area contributed by atoms with Crippen molar-refractivity contribution in [2.24, 2.45) is 12.0 Å². The van der Waals surface area contributed by atoms with E-state index in [1.54, 1.807) is 0 Å². The number of hydrogen-bond donors (Lipinski definition) is 2. The Labute approximate surface area is 189 Å². The van der Waals surface area contributed by atoms with E-state index in [-0.39, 0.29) is 24.0 Å². The molecule has 0 saturated heterocycles. The topological polar surface area (TPSA) is 63.5 Å². The highest BCUT2D eigenvalue weighted by molar-refractivity contribution is 14.0. The molecule has 2 aromatic carbocycles. The molecule has 156 valence electrons. The third kappa shape index (κ3) is 5.85. The van der Waals surface area contributed by atoms with Gasteiger partial charge in [-0.2, -0.15) is 5.10 Å². The smallest absolute Gasteiger partial charge is 0.191 e. The Hall–Kier alpha value is -2.29. The lowest BCUT2D eigenvalue weighted by Crippen LogP contribution is -2.39. The van der Waals surface area contributed by atoms with Crippen molar-refractivity contribution in [3.8, 4) is 5.75 Å². The van der Waals surface area contributed by atoms with Crippen molar-refractivity contribution < 1.29 is 4.74 Å². The summed E-state index contributed by atoms with van der Waals surface area (Å²) in [6.45, 7) is 8.79. The first-order chi connectivity index (χ1) is 13.6. The van der Waals surface area contributed by atoms with E-state index in [0.29, 0.717) is 19.7 Å². The number of aliphatic imine (C=N–C) groups is 1. The zero-order chi connectivity index (χ0) is 19.9. The Morgan fingerprint density at radius 3 is 2.59 bits per heavy atom. The van der Waals surface area contributed by atoms with Gasteiger partial charge in [-0.25, -0.2) is 4.99 Å². The number of fused-ring (bicyclic) bond motifs is 1. The van der Waals surface area contributed by atoms with Gasteiger partial charge in [0.2, 0.25) is 0 Å². The van der Waals surface area contributed by atoms with Gasteiger partial charge in [-0.1, -0.05) is 36.4 Å². The van der Waals surface area contributed by atoms with Gasteiger partial charge in [-0.05, 0) is 32.2 Å². The lowest BCUT2D eigenvalue weighted by molar-refractivity contribution is 0.325. The van der Waals surface area contributed by atoms with Crippen molar-refractivity contribution in [2.45, 2.75) is 27.3 Å². The van der Waals surface area contributed by atoms with Crippen molar-refractivity contribution in [2.75, 3.05) is 19.7 Å². The fourth-order valence-corrected chi connectivity index (χ4v) is 3.20. The molecule has 0 radical (unpaired) electrons. The molecule has 29 heavy (non-hydrogen) atoms. The van der Waals surface area contributed by atoms with Crippen LogP contribution in [0, 0.1) is 13.8 Å². The molecular weight excluding hydrogens is 477 g/mol. The maximum Gasteiger partial charge on any atom is 0.191 e. The van der Waals surface area contributed by atoms with E-state index in [4.69, 9.17) is 9.73 Å². The monoisotopic (exact) mass is 507 g/mol. The van der Waals surface area contributed by atoms with Crippen LogP contribution in [0.5, 0.6) is 5.75 Å². The van der Waals surface area contributed by atoms with E-state index in [1.807, 2.05) is 42.9 Å². The third-order valence-electron chi connectivity index (χ3n) is 4.80. The Kier molecular flexibility index (Phi) is 8.75. The van der Waals surface area contributed by atoms with Crippen LogP contribution in [0.2, 0.25) is 0 Å². The molecular formula is C22H30IN5O. The van der Waals surface area contributed by atoms with Crippen LogP contribution in [0.15, 0.2) is 47.5 Å². The quantitative estimate of drug-likeness (QED) is 0.220. The maximum atomic E-state index is 5.99. The summed E-state index contributed by atoms with van der Waals surface area (Å²) in [5, 5.41) is 13.4. The van der Waals surface area contributed by atoms with Crippen molar-refractivity contribution in [1.82, 2.24) is 20.4 Å². The van der Waals surface area contributed by atoms with Crippen LogP contribution < -0.4 is 15.4 Å². The normalized spacial score (nSPS) is 11.2. The van der Waals surface area contributed by atoms with Crippen molar-refractivity contribution in [3.05, 3.63) is 59.4 Å². The zero-order valence-electron chi connectivity index (χ0n) is 17.5. The van der Waals surface area contributed by atoms with Crippen molar-refractivity contribution in [3.63, 3.8) is 0 Å². The van der Waals surface area contributed by atoms with E-state index in [1.165, 1.54) is 10.9 Å². The first kappa shape index (κ1) is 23.0. The fourth-order valence-electron chi connectivity index (χ4n) is 3.20. The largest absolute Gasteiger partial charge is 0.491 e. The number of rotatable bonds is 7. The van der Waals surface area contributed by atoms with Gasteiger partial charge in [0.05, 0.1) is 18.8 Å². The Bertz CT molecular complexity index is 962. The van der Waals surface area contributed by atoms with Crippen LogP contribution in [-0.4, -0.2) is 35.4 Å². The predicted molar refractivity (Wildman–Crippen MR) is 130 cm³/mol. The first-order valence-corrected chi connectivity index (χ1v) is 9.72. The summed E-state index contributed by atoms with van der Waals surface area (Å²) in [5.74, 6) is 1.69. The average Bonchev–Trinajstić information content (AvgIpc) is 2.94. The molecule has 0 amide bonds. The fraction of sp³-hybridized carbons (Fsp3) is 0.364. The number of aromatic nitrogens is 2. The van der Waals surface area contributed by atoms with Gasteiger partial charge in [-0.15, -0.1) is 24.0 Å². The second-order valence-corrected chi connectivity index (χ2v) is 6.72. The van der Waals surface area contributed by atoms with Crippen molar-refractivity contribution >= 4 is 40.7 Å². The SMILES string of the molecule is CCNC(=NCc1c(C)nn(C)c1C)NCCOc1cccc2ccccc12.I. The maximum absolute atomic E-state index is 5.99. The van der Waals surface area contributed by atoms with Gasteiger partial charge in [0.15, 0.2) is 5.96 Å². The summed E-state index contributed by atoms with van der Waals surface area (Å²) in [7, 11) is 1.96. The first-order valence-electron chi connectivity index (χ1n) is 9.72. The Morgan fingerprint density at radius 2 is 1.86 bits per heavy atom. The molecule has 3 aromatic rings. The summed E-state index contributed by atoms with van der Waals surface area (Å²) in [4.78, 5) is 4.70. The number of aryl methyl sites for hydroxylation is 2. The van der Waals surface area contributed by atoms with Gasteiger partial charge < -0.3 is 15.4 Å². The number of hydrogen-bond acceptors (Lipinski definition) is 3. The minimum Gasteiger partial charge on any atom is -0.491 e. The summed E-state index contributed by atoms with van der Waals surface area (Å²) in [5.41, 5.74) is 3.35. The molecule has 7 heteroatoms. The summed E-state index contributed by atoms with van der Waals surface area (Å²) >= 11 is 0. The van der Waals surface area contributed by atoms with E-state index in [9.17, 15) is 0 Å².